The molecule has 1 aliphatic rings. The van der Waals surface area contributed by atoms with Crippen LogP contribution < -0.4 is 10.1 Å². The maximum Gasteiger partial charge on any atom is 0.264 e. The van der Waals surface area contributed by atoms with Gasteiger partial charge in [-0.15, -0.1) is 0 Å². The van der Waals surface area contributed by atoms with E-state index in [-0.39, 0.29) is 11.7 Å². The molecule has 0 atom stereocenters. The van der Waals surface area contributed by atoms with Crippen molar-refractivity contribution in [1.29, 1.82) is 0 Å². The SMILES string of the molecule is COc1cc(/C=C2/SC(=Nc3ccccc3Br)NC2=O)cc(I)c1O. The largest absolute Gasteiger partial charge is 0.504 e. The van der Waals surface area contributed by atoms with Gasteiger partial charge in [0.1, 0.15) is 0 Å². The maximum atomic E-state index is 12.2. The number of amidine groups is 1. The van der Waals surface area contributed by atoms with Crippen LogP contribution in [0.15, 0.2) is 50.8 Å². The predicted octanol–water partition coefficient (Wildman–Crippen LogP) is 4.66. The van der Waals surface area contributed by atoms with E-state index < -0.39 is 0 Å². The number of ether oxygens (including phenoxy) is 1. The Morgan fingerprint density at radius 3 is 2.84 bits per heavy atom. The maximum absolute atomic E-state index is 12.2. The summed E-state index contributed by atoms with van der Waals surface area (Å²) in [5.74, 6) is 0.243. The molecule has 2 N–H and O–H groups in total. The lowest BCUT2D eigenvalue weighted by atomic mass is 10.2. The summed E-state index contributed by atoms with van der Waals surface area (Å²) >= 11 is 6.72. The van der Waals surface area contributed by atoms with Crippen LogP contribution in [0.3, 0.4) is 0 Å². The number of nitrogens with zero attached hydrogens (tertiary/aromatic N) is 1. The van der Waals surface area contributed by atoms with Crippen LogP contribution in [0.1, 0.15) is 5.56 Å². The molecule has 0 saturated carbocycles. The third-order valence-electron chi connectivity index (χ3n) is 3.29. The van der Waals surface area contributed by atoms with Crippen LogP contribution in [0.5, 0.6) is 11.5 Å². The van der Waals surface area contributed by atoms with Gasteiger partial charge in [0.15, 0.2) is 16.7 Å². The van der Waals surface area contributed by atoms with Crippen LogP contribution in [0.4, 0.5) is 5.69 Å². The number of hydrogen-bond acceptors (Lipinski definition) is 5. The number of halogens is 2. The molecule has 0 aromatic heterocycles. The second-order valence-electron chi connectivity index (χ2n) is 4.99. The van der Waals surface area contributed by atoms with E-state index in [4.69, 9.17) is 4.74 Å². The molecule has 0 spiro atoms. The van der Waals surface area contributed by atoms with E-state index in [1.807, 2.05) is 46.9 Å². The van der Waals surface area contributed by atoms with Gasteiger partial charge in [-0.3, -0.25) is 4.79 Å². The number of phenols is 1. The number of para-hydroxylation sites is 1. The summed E-state index contributed by atoms with van der Waals surface area (Å²) in [4.78, 5) is 17.2. The number of amides is 1. The highest BCUT2D eigenvalue weighted by Gasteiger charge is 2.24. The molecule has 0 unspecified atom stereocenters. The first-order valence-electron chi connectivity index (χ1n) is 7.08. The van der Waals surface area contributed by atoms with Gasteiger partial charge in [0.05, 0.1) is 21.3 Å². The van der Waals surface area contributed by atoms with E-state index >= 15 is 0 Å². The van der Waals surface area contributed by atoms with Crippen LogP contribution >= 0.6 is 50.3 Å². The first kappa shape index (κ1) is 18.3. The fraction of sp³-hybridized carbons (Fsp3) is 0.0588. The smallest absolute Gasteiger partial charge is 0.264 e. The molecule has 5 nitrogen and oxygen atoms in total. The van der Waals surface area contributed by atoms with Crippen molar-refractivity contribution < 1.29 is 14.6 Å². The molecule has 1 heterocycles. The number of aliphatic imine (C=N–C) groups is 1. The van der Waals surface area contributed by atoms with Gasteiger partial charge in [0.2, 0.25) is 0 Å². The van der Waals surface area contributed by atoms with Crippen LogP contribution in [0.25, 0.3) is 6.08 Å². The molecule has 0 radical (unpaired) electrons. The molecule has 2 aromatic rings. The number of thioether (sulfide) groups is 1. The van der Waals surface area contributed by atoms with Gasteiger partial charge in [-0.25, -0.2) is 4.99 Å². The number of aromatic hydroxyl groups is 1. The summed E-state index contributed by atoms with van der Waals surface area (Å²) in [6.45, 7) is 0. The number of benzene rings is 2. The fourth-order valence-electron chi connectivity index (χ4n) is 2.12. The van der Waals surface area contributed by atoms with Gasteiger partial charge in [0, 0.05) is 4.47 Å². The highest BCUT2D eigenvalue weighted by molar-refractivity contribution is 14.1. The van der Waals surface area contributed by atoms with Crippen molar-refractivity contribution >= 4 is 73.1 Å². The van der Waals surface area contributed by atoms with Crippen molar-refractivity contribution in [2.24, 2.45) is 4.99 Å². The van der Waals surface area contributed by atoms with Crippen molar-refractivity contribution in [3.8, 4) is 11.5 Å². The molecule has 2 aromatic carbocycles. The molecule has 25 heavy (non-hydrogen) atoms. The standard InChI is InChI=1S/C17H12BrIN2O3S/c1-24-13-7-9(6-11(19)15(13)22)8-14-16(23)21-17(25-14)20-12-5-3-2-4-10(12)18/h2-8,22H,1H3,(H,20,21,23)/b14-8+. The number of carbonyl (C=O) groups excluding carboxylic acids is 1. The Bertz CT molecular complexity index is 915. The van der Waals surface area contributed by atoms with Gasteiger partial charge in [-0.1, -0.05) is 12.1 Å². The van der Waals surface area contributed by atoms with E-state index in [0.717, 1.165) is 15.7 Å². The van der Waals surface area contributed by atoms with Crippen LogP contribution in [0, 0.1) is 3.57 Å². The lowest BCUT2D eigenvalue weighted by Crippen LogP contribution is -2.19. The average Bonchev–Trinajstić information content (AvgIpc) is 2.92. The molecule has 8 heteroatoms. The number of hydrogen-bond donors (Lipinski definition) is 2. The highest BCUT2D eigenvalue weighted by Crippen LogP contribution is 2.35. The molecular weight excluding hydrogens is 519 g/mol. The van der Waals surface area contributed by atoms with E-state index in [1.165, 1.54) is 18.9 Å². The summed E-state index contributed by atoms with van der Waals surface area (Å²) in [6.07, 6.45) is 1.74. The van der Waals surface area contributed by atoms with Crippen molar-refractivity contribution in [3.05, 3.63) is 54.9 Å². The Labute approximate surface area is 170 Å². The van der Waals surface area contributed by atoms with Crippen LogP contribution in [-0.2, 0) is 4.79 Å². The molecule has 3 rings (SSSR count). The molecule has 0 bridgehead atoms. The van der Waals surface area contributed by atoms with Crippen molar-refractivity contribution in [2.45, 2.75) is 0 Å². The Kier molecular flexibility index (Phi) is 5.70. The number of nitrogens with one attached hydrogen (secondary N) is 1. The minimum Gasteiger partial charge on any atom is -0.504 e. The first-order chi connectivity index (χ1) is 12.0. The van der Waals surface area contributed by atoms with Crippen LogP contribution in [0.2, 0.25) is 0 Å². The molecule has 1 fully saturated rings. The zero-order valence-electron chi connectivity index (χ0n) is 12.9. The normalized spacial score (nSPS) is 17.2. The van der Waals surface area contributed by atoms with E-state index in [1.54, 1.807) is 18.2 Å². The Morgan fingerprint density at radius 2 is 2.12 bits per heavy atom. The monoisotopic (exact) mass is 530 g/mol. The van der Waals surface area contributed by atoms with Gasteiger partial charge >= 0.3 is 0 Å². The Hall–Kier alpha value is -1.52. The Balaban J connectivity index is 1.90. The molecular formula is C17H12BrIN2O3S. The number of rotatable bonds is 3. The molecule has 128 valence electrons. The molecule has 1 aliphatic heterocycles. The third kappa shape index (κ3) is 4.18. The van der Waals surface area contributed by atoms with Crippen LogP contribution in [-0.4, -0.2) is 23.3 Å². The van der Waals surface area contributed by atoms with E-state index in [0.29, 0.717) is 19.4 Å². The van der Waals surface area contributed by atoms with Crippen molar-refractivity contribution in [3.63, 3.8) is 0 Å². The van der Waals surface area contributed by atoms with Gasteiger partial charge in [0.25, 0.3) is 5.91 Å². The first-order valence-corrected chi connectivity index (χ1v) is 9.77. The predicted molar refractivity (Wildman–Crippen MR) is 112 cm³/mol. The molecule has 1 saturated heterocycles. The molecule has 0 aliphatic carbocycles. The minimum atomic E-state index is -0.210. The summed E-state index contributed by atoms with van der Waals surface area (Å²) in [5, 5.41) is 13.2. The minimum absolute atomic E-state index is 0.0879. The fourth-order valence-corrected chi connectivity index (χ4v) is 3.95. The Morgan fingerprint density at radius 1 is 1.36 bits per heavy atom. The summed E-state index contributed by atoms with van der Waals surface area (Å²) < 4.78 is 6.65. The van der Waals surface area contributed by atoms with Gasteiger partial charge < -0.3 is 15.2 Å². The highest BCUT2D eigenvalue weighted by atomic mass is 127. The zero-order valence-corrected chi connectivity index (χ0v) is 17.5. The lowest BCUT2D eigenvalue weighted by Gasteiger charge is -2.06. The van der Waals surface area contributed by atoms with Crippen molar-refractivity contribution in [2.75, 3.05) is 7.11 Å². The third-order valence-corrected chi connectivity index (χ3v) is 5.70. The second kappa shape index (κ2) is 7.79. The zero-order chi connectivity index (χ0) is 18.0. The quantitative estimate of drug-likeness (QED) is 0.447. The second-order valence-corrected chi connectivity index (χ2v) is 8.03. The number of methoxy groups -OCH3 is 1. The van der Waals surface area contributed by atoms with Crippen molar-refractivity contribution in [1.82, 2.24) is 5.32 Å². The summed E-state index contributed by atoms with van der Waals surface area (Å²) in [7, 11) is 1.49. The summed E-state index contributed by atoms with van der Waals surface area (Å²) in [5.41, 5.74) is 1.51. The van der Waals surface area contributed by atoms with Gasteiger partial charge in [-0.05, 0) is 86.2 Å². The number of carbonyl (C=O) groups is 1. The lowest BCUT2D eigenvalue weighted by molar-refractivity contribution is -0.115. The average molecular weight is 531 g/mol. The summed E-state index contributed by atoms with van der Waals surface area (Å²) in [6, 6.07) is 11.0. The van der Waals surface area contributed by atoms with E-state index in [9.17, 15) is 9.90 Å². The molecule has 1 amide bonds. The number of phenolic OH excluding ortho intramolecular Hbond substituents is 1. The van der Waals surface area contributed by atoms with E-state index in [2.05, 4.69) is 26.2 Å². The van der Waals surface area contributed by atoms with Gasteiger partial charge in [-0.2, -0.15) is 0 Å². The topological polar surface area (TPSA) is 70.9 Å².